The highest BCUT2D eigenvalue weighted by molar-refractivity contribution is 7.88. The fourth-order valence-electron chi connectivity index (χ4n) is 1.65. The maximum Gasteiger partial charge on any atom is 0.209 e. The quantitative estimate of drug-likeness (QED) is 0.534. The number of sulfonamides is 1. The van der Waals surface area contributed by atoms with E-state index in [0.717, 1.165) is 6.26 Å². The molecular formula is C12H22N4O2S2. The molecule has 1 rings (SSSR count). The Balaban J connectivity index is 2.45. The van der Waals surface area contributed by atoms with Crippen LogP contribution in [0.2, 0.25) is 0 Å². The Kier molecular flexibility index (Phi) is 5.97. The molecule has 0 aliphatic carbocycles. The molecule has 1 aromatic heterocycles. The second-order valence-electron chi connectivity index (χ2n) is 5.12. The standard InChI is InChI=1S/C12H22N4O2S2/c1-12(2,16-20(4,17)18)9-15-11(13-3)14-8-10-6-5-7-19-10/h5-7,16H,8-9H2,1-4H3,(H2,13,14,15). The fraction of sp³-hybridized carbons (Fsp3) is 0.583. The van der Waals surface area contributed by atoms with Crippen LogP contribution in [0.3, 0.4) is 0 Å². The zero-order chi connectivity index (χ0) is 15.2. The third-order valence-electron chi connectivity index (χ3n) is 2.39. The number of thiophene rings is 1. The average molecular weight is 318 g/mol. The second-order valence-corrected chi connectivity index (χ2v) is 7.90. The van der Waals surface area contributed by atoms with Crippen LogP contribution < -0.4 is 15.4 Å². The fourth-order valence-corrected chi connectivity index (χ4v) is 3.37. The molecule has 0 amide bonds. The third kappa shape index (κ3) is 6.88. The van der Waals surface area contributed by atoms with E-state index in [9.17, 15) is 8.42 Å². The number of nitrogens with zero attached hydrogens (tertiary/aromatic N) is 1. The summed E-state index contributed by atoms with van der Waals surface area (Å²) in [5.41, 5.74) is -0.589. The molecule has 0 atom stereocenters. The molecular weight excluding hydrogens is 296 g/mol. The summed E-state index contributed by atoms with van der Waals surface area (Å²) in [7, 11) is -1.55. The first-order valence-electron chi connectivity index (χ1n) is 6.18. The number of hydrogen-bond donors (Lipinski definition) is 3. The third-order valence-corrected chi connectivity index (χ3v) is 4.19. The van der Waals surface area contributed by atoms with Gasteiger partial charge < -0.3 is 10.6 Å². The molecule has 0 radical (unpaired) electrons. The van der Waals surface area contributed by atoms with Crippen molar-refractivity contribution in [3.05, 3.63) is 22.4 Å². The lowest BCUT2D eigenvalue weighted by Gasteiger charge is -2.26. The smallest absolute Gasteiger partial charge is 0.209 e. The lowest BCUT2D eigenvalue weighted by Crippen LogP contribution is -2.52. The molecule has 0 fully saturated rings. The van der Waals surface area contributed by atoms with Gasteiger partial charge in [0.15, 0.2) is 5.96 Å². The van der Waals surface area contributed by atoms with E-state index in [1.54, 1.807) is 18.4 Å². The molecule has 6 nitrogen and oxygen atoms in total. The van der Waals surface area contributed by atoms with Gasteiger partial charge in [0.25, 0.3) is 0 Å². The Morgan fingerprint density at radius 2 is 2.10 bits per heavy atom. The van der Waals surface area contributed by atoms with Gasteiger partial charge >= 0.3 is 0 Å². The topological polar surface area (TPSA) is 82.6 Å². The Bertz CT molecular complexity index is 536. The van der Waals surface area contributed by atoms with Crippen molar-refractivity contribution < 1.29 is 8.42 Å². The van der Waals surface area contributed by atoms with E-state index in [4.69, 9.17) is 0 Å². The van der Waals surface area contributed by atoms with Crippen molar-refractivity contribution in [3.63, 3.8) is 0 Å². The summed E-state index contributed by atoms with van der Waals surface area (Å²) in [4.78, 5) is 5.32. The summed E-state index contributed by atoms with van der Waals surface area (Å²) < 4.78 is 25.1. The van der Waals surface area contributed by atoms with Gasteiger partial charge in [-0.2, -0.15) is 0 Å². The minimum Gasteiger partial charge on any atom is -0.355 e. The number of guanidine groups is 1. The Labute approximate surface area is 124 Å². The average Bonchev–Trinajstić information content (AvgIpc) is 2.79. The Morgan fingerprint density at radius 1 is 1.40 bits per heavy atom. The van der Waals surface area contributed by atoms with Crippen molar-refractivity contribution >= 4 is 27.3 Å². The molecule has 0 spiro atoms. The molecule has 0 bridgehead atoms. The van der Waals surface area contributed by atoms with Crippen LogP contribution >= 0.6 is 11.3 Å². The SMILES string of the molecule is CN=C(NCc1cccs1)NCC(C)(C)NS(C)(=O)=O. The number of rotatable bonds is 6. The maximum absolute atomic E-state index is 11.3. The number of aliphatic imine (C=N–C) groups is 1. The van der Waals surface area contributed by atoms with Crippen LogP contribution in [0.15, 0.2) is 22.5 Å². The van der Waals surface area contributed by atoms with Crippen LogP contribution in [0, 0.1) is 0 Å². The van der Waals surface area contributed by atoms with Crippen molar-refractivity contribution in [2.45, 2.75) is 25.9 Å². The Hall–Kier alpha value is -1.12. The molecule has 8 heteroatoms. The largest absolute Gasteiger partial charge is 0.355 e. The monoisotopic (exact) mass is 318 g/mol. The first-order chi connectivity index (χ1) is 9.22. The summed E-state index contributed by atoms with van der Waals surface area (Å²) in [5.74, 6) is 0.641. The summed E-state index contributed by atoms with van der Waals surface area (Å²) in [5, 5.41) is 8.31. The molecule has 1 aromatic rings. The lowest BCUT2D eigenvalue weighted by atomic mass is 10.1. The summed E-state index contributed by atoms with van der Waals surface area (Å²) in [6.07, 6.45) is 1.15. The van der Waals surface area contributed by atoms with Crippen LogP contribution in [-0.4, -0.2) is 39.8 Å². The molecule has 114 valence electrons. The van der Waals surface area contributed by atoms with E-state index >= 15 is 0 Å². The second kappa shape index (κ2) is 7.05. The van der Waals surface area contributed by atoms with Crippen molar-refractivity contribution in [1.29, 1.82) is 0 Å². The van der Waals surface area contributed by atoms with Gasteiger partial charge in [0, 0.05) is 24.0 Å². The van der Waals surface area contributed by atoms with Crippen molar-refractivity contribution in [2.24, 2.45) is 4.99 Å². The molecule has 1 heterocycles. The molecule has 0 saturated carbocycles. The van der Waals surface area contributed by atoms with E-state index < -0.39 is 15.6 Å². The van der Waals surface area contributed by atoms with Gasteiger partial charge in [-0.1, -0.05) is 6.07 Å². The summed E-state index contributed by atoms with van der Waals surface area (Å²) >= 11 is 1.67. The molecule has 0 aliphatic heterocycles. The molecule has 0 saturated heterocycles. The van der Waals surface area contributed by atoms with Crippen molar-refractivity contribution in [3.8, 4) is 0 Å². The van der Waals surface area contributed by atoms with Crippen LogP contribution in [0.25, 0.3) is 0 Å². The van der Waals surface area contributed by atoms with Gasteiger partial charge in [-0.15, -0.1) is 11.3 Å². The molecule has 3 N–H and O–H groups in total. The lowest BCUT2D eigenvalue weighted by molar-refractivity contribution is 0.446. The highest BCUT2D eigenvalue weighted by Crippen LogP contribution is 2.07. The normalized spacial score (nSPS) is 13.3. The van der Waals surface area contributed by atoms with Crippen molar-refractivity contribution in [1.82, 2.24) is 15.4 Å². The van der Waals surface area contributed by atoms with E-state index in [-0.39, 0.29) is 0 Å². The highest BCUT2D eigenvalue weighted by atomic mass is 32.2. The van der Waals surface area contributed by atoms with E-state index in [0.29, 0.717) is 19.0 Å². The van der Waals surface area contributed by atoms with E-state index in [2.05, 4.69) is 20.3 Å². The molecule has 0 unspecified atom stereocenters. The zero-order valence-corrected chi connectivity index (χ0v) is 13.9. The molecule has 20 heavy (non-hydrogen) atoms. The first-order valence-corrected chi connectivity index (χ1v) is 8.95. The number of hydrogen-bond acceptors (Lipinski definition) is 4. The predicted molar refractivity (Wildman–Crippen MR) is 84.6 cm³/mol. The minimum atomic E-state index is -3.23. The summed E-state index contributed by atoms with van der Waals surface area (Å²) in [6, 6.07) is 4.04. The molecule has 0 aliphatic rings. The van der Waals surface area contributed by atoms with E-state index in [1.807, 2.05) is 31.4 Å². The van der Waals surface area contributed by atoms with E-state index in [1.165, 1.54) is 4.88 Å². The van der Waals surface area contributed by atoms with Gasteiger partial charge in [0.05, 0.1) is 12.8 Å². The Morgan fingerprint density at radius 3 is 2.60 bits per heavy atom. The number of nitrogens with one attached hydrogen (secondary N) is 3. The molecule has 0 aromatic carbocycles. The highest BCUT2D eigenvalue weighted by Gasteiger charge is 2.22. The zero-order valence-electron chi connectivity index (χ0n) is 12.2. The van der Waals surface area contributed by atoms with Gasteiger partial charge in [-0.3, -0.25) is 4.99 Å². The predicted octanol–water partition coefficient (Wildman–Crippen LogP) is 0.741. The summed E-state index contributed by atoms with van der Waals surface area (Å²) in [6.45, 7) is 4.75. The van der Waals surface area contributed by atoms with Crippen LogP contribution in [0.1, 0.15) is 18.7 Å². The maximum atomic E-state index is 11.3. The van der Waals surface area contributed by atoms with Crippen LogP contribution in [0.4, 0.5) is 0 Å². The van der Waals surface area contributed by atoms with Crippen LogP contribution in [-0.2, 0) is 16.6 Å². The van der Waals surface area contributed by atoms with Gasteiger partial charge in [-0.25, -0.2) is 13.1 Å². The van der Waals surface area contributed by atoms with Crippen molar-refractivity contribution in [2.75, 3.05) is 19.8 Å². The van der Waals surface area contributed by atoms with Crippen LogP contribution in [0.5, 0.6) is 0 Å². The minimum absolute atomic E-state index is 0.435. The van der Waals surface area contributed by atoms with Gasteiger partial charge in [-0.05, 0) is 25.3 Å². The van der Waals surface area contributed by atoms with Gasteiger partial charge in [0.2, 0.25) is 10.0 Å². The van der Waals surface area contributed by atoms with Gasteiger partial charge in [0.1, 0.15) is 0 Å². The first kappa shape index (κ1) is 16.9.